The molecule has 3 heteroatoms. The van der Waals surface area contributed by atoms with Crippen LogP contribution < -0.4 is 5.32 Å². The van der Waals surface area contributed by atoms with Gasteiger partial charge in [0.05, 0.1) is 6.54 Å². The minimum atomic E-state index is 0. The van der Waals surface area contributed by atoms with Crippen molar-refractivity contribution in [2.75, 3.05) is 13.1 Å². The molecule has 0 aromatic rings. The third-order valence-electron chi connectivity index (χ3n) is 0.551. The van der Waals surface area contributed by atoms with Gasteiger partial charge >= 0.3 is 0 Å². The maximum Gasteiger partial charge on any atom is 0.143 e. The Morgan fingerprint density at radius 2 is 2.25 bits per heavy atom. The first-order valence-electron chi connectivity index (χ1n) is 2.26. The number of carbonyl (C=O) groups excluding carboxylic acids is 1. The van der Waals surface area contributed by atoms with Crippen LogP contribution in [0.2, 0.25) is 0 Å². The van der Waals surface area contributed by atoms with Crippen LogP contribution in [-0.4, -0.2) is 18.9 Å². The van der Waals surface area contributed by atoms with E-state index in [1.165, 1.54) is 0 Å². The molecular formula is C5H10NOW-. The summed E-state index contributed by atoms with van der Waals surface area (Å²) in [7, 11) is 0. The molecule has 0 fully saturated rings. The van der Waals surface area contributed by atoms with E-state index in [0.717, 1.165) is 0 Å². The van der Waals surface area contributed by atoms with E-state index in [9.17, 15) is 4.79 Å². The first-order chi connectivity index (χ1) is 3.27. The van der Waals surface area contributed by atoms with Crippen LogP contribution in [0.5, 0.6) is 0 Å². The summed E-state index contributed by atoms with van der Waals surface area (Å²) in [6, 6.07) is 0. The number of rotatable bonds is 3. The van der Waals surface area contributed by atoms with Gasteiger partial charge in [-0.1, -0.05) is 0 Å². The number of carbonyl (C=O) groups is 1. The van der Waals surface area contributed by atoms with Gasteiger partial charge in [0.15, 0.2) is 0 Å². The van der Waals surface area contributed by atoms with E-state index in [1.807, 2.05) is 0 Å². The van der Waals surface area contributed by atoms with Crippen molar-refractivity contribution < 1.29 is 25.9 Å². The third-order valence-corrected chi connectivity index (χ3v) is 0.551. The minimum Gasteiger partial charge on any atom is -0.340 e. The second-order valence-corrected chi connectivity index (χ2v) is 1.38. The molecule has 8 heavy (non-hydrogen) atoms. The van der Waals surface area contributed by atoms with E-state index in [0.29, 0.717) is 13.1 Å². The largest absolute Gasteiger partial charge is 0.340 e. The van der Waals surface area contributed by atoms with Gasteiger partial charge in [0.2, 0.25) is 0 Å². The second-order valence-electron chi connectivity index (χ2n) is 1.38. The van der Waals surface area contributed by atoms with Gasteiger partial charge in [0, 0.05) is 21.1 Å². The molecule has 48 valence electrons. The molecule has 0 heterocycles. The molecule has 0 saturated carbocycles. The molecule has 2 nitrogen and oxygen atoms in total. The van der Waals surface area contributed by atoms with Crippen LogP contribution in [0.4, 0.5) is 0 Å². The fourth-order valence-corrected chi connectivity index (χ4v) is 0.264. The van der Waals surface area contributed by atoms with Gasteiger partial charge in [0.1, 0.15) is 5.78 Å². The molecule has 0 aromatic heterocycles. The average molecular weight is 284 g/mol. The van der Waals surface area contributed by atoms with Crippen LogP contribution >= 0.6 is 0 Å². The topological polar surface area (TPSA) is 29.1 Å². The van der Waals surface area contributed by atoms with Gasteiger partial charge in [-0.25, -0.2) is 0 Å². The van der Waals surface area contributed by atoms with E-state index in [4.69, 9.17) is 0 Å². The van der Waals surface area contributed by atoms with Crippen molar-refractivity contribution in [3.8, 4) is 0 Å². The SMILES string of the molecule is [CH2-]CNCC(C)=O.[W]. The Kier molecular flexibility index (Phi) is 10.2. The van der Waals surface area contributed by atoms with Gasteiger partial charge in [-0.15, -0.1) is 6.54 Å². The summed E-state index contributed by atoms with van der Waals surface area (Å²) in [4.78, 5) is 10.1. The Balaban J connectivity index is 0. The quantitative estimate of drug-likeness (QED) is 0.739. The second kappa shape index (κ2) is 7.32. The standard InChI is InChI=1S/C5H10NO.W/c1-3-6-4-5(2)7;/h6H,1,3-4H2,2H3;/q-1;. The zero-order valence-corrected chi connectivity index (χ0v) is 7.87. The van der Waals surface area contributed by atoms with E-state index >= 15 is 0 Å². The predicted octanol–water partition coefficient (Wildman–Crippen LogP) is -0.00341. The molecule has 0 aliphatic carbocycles. The Bertz CT molecular complexity index is 65.4. The molecule has 0 radical (unpaired) electrons. The molecular weight excluding hydrogens is 274 g/mol. The van der Waals surface area contributed by atoms with E-state index < -0.39 is 0 Å². The molecule has 0 amide bonds. The summed E-state index contributed by atoms with van der Waals surface area (Å²) in [6.45, 7) is 6.11. The Morgan fingerprint density at radius 1 is 1.75 bits per heavy atom. The van der Waals surface area contributed by atoms with Crippen molar-refractivity contribution in [1.29, 1.82) is 0 Å². The molecule has 0 unspecified atom stereocenters. The Hall–Kier alpha value is 0.318. The van der Waals surface area contributed by atoms with Gasteiger partial charge < -0.3 is 12.2 Å². The van der Waals surface area contributed by atoms with Crippen molar-refractivity contribution in [1.82, 2.24) is 5.32 Å². The van der Waals surface area contributed by atoms with Gasteiger partial charge in [-0.3, -0.25) is 4.79 Å². The fourth-order valence-electron chi connectivity index (χ4n) is 0.264. The first kappa shape index (κ1) is 11.2. The average Bonchev–Trinajstić information content (AvgIpc) is 1.61. The zero-order valence-electron chi connectivity index (χ0n) is 4.94. The summed E-state index contributed by atoms with van der Waals surface area (Å²) in [5.41, 5.74) is 0. The smallest absolute Gasteiger partial charge is 0.143 e. The monoisotopic (exact) mass is 284 g/mol. The normalized spacial score (nSPS) is 7.75. The molecule has 0 rings (SSSR count). The summed E-state index contributed by atoms with van der Waals surface area (Å²) in [5, 5.41) is 2.79. The molecule has 0 bridgehead atoms. The van der Waals surface area contributed by atoms with Gasteiger partial charge in [-0.05, 0) is 6.92 Å². The molecule has 1 N–H and O–H groups in total. The number of hydrogen-bond donors (Lipinski definition) is 1. The molecule has 0 spiro atoms. The van der Waals surface area contributed by atoms with Crippen LogP contribution in [0.3, 0.4) is 0 Å². The Morgan fingerprint density at radius 3 is 2.38 bits per heavy atom. The summed E-state index contributed by atoms with van der Waals surface area (Å²) in [5.74, 6) is 0.156. The summed E-state index contributed by atoms with van der Waals surface area (Å²) >= 11 is 0. The number of Topliss-reactive ketones (excluding diaryl/α,β-unsaturated/α-hetero) is 1. The summed E-state index contributed by atoms with van der Waals surface area (Å²) < 4.78 is 0. The maximum atomic E-state index is 10.1. The predicted molar refractivity (Wildman–Crippen MR) is 28.9 cm³/mol. The number of nitrogens with one attached hydrogen (secondary N) is 1. The number of hydrogen-bond acceptors (Lipinski definition) is 2. The third kappa shape index (κ3) is 9.58. The van der Waals surface area contributed by atoms with Crippen LogP contribution in [0.25, 0.3) is 0 Å². The van der Waals surface area contributed by atoms with E-state index in [-0.39, 0.29) is 26.8 Å². The maximum absolute atomic E-state index is 10.1. The number of ketones is 1. The van der Waals surface area contributed by atoms with Gasteiger partial charge in [-0.2, -0.15) is 0 Å². The Labute approximate surface area is 64.3 Å². The molecule has 0 saturated heterocycles. The molecule has 0 aliphatic heterocycles. The summed E-state index contributed by atoms with van der Waals surface area (Å²) in [6.07, 6.45) is 0. The molecule has 0 atom stereocenters. The molecule has 0 aliphatic rings. The van der Waals surface area contributed by atoms with Crippen molar-refractivity contribution in [2.45, 2.75) is 6.92 Å². The van der Waals surface area contributed by atoms with Crippen molar-refractivity contribution in [3.05, 3.63) is 6.92 Å². The molecule has 0 aromatic carbocycles. The van der Waals surface area contributed by atoms with Crippen LogP contribution in [0.1, 0.15) is 6.92 Å². The van der Waals surface area contributed by atoms with E-state index in [1.54, 1.807) is 6.92 Å². The van der Waals surface area contributed by atoms with Crippen molar-refractivity contribution in [2.24, 2.45) is 0 Å². The fraction of sp³-hybridized carbons (Fsp3) is 0.600. The first-order valence-corrected chi connectivity index (χ1v) is 2.26. The van der Waals surface area contributed by atoms with E-state index in [2.05, 4.69) is 12.2 Å². The van der Waals surface area contributed by atoms with Gasteiger partial charge in [0.25, 0.3) is 0 Å². The van der Waals surface area contributed by atoms with Crippen LogP contribution in [-0.2, 0) is 25.9 Å². The van der Waals surface area contributed by atoms with Crippen LogP contribution in [0.15, 0.2) is 0 Å². The van der Waals surface area contributed by atoms with Crippen molar-refractivity contribution >= 4 is 5.78 Å². The zero-order chi connectivity index (χ0) is 5.70. The van der Waals surface area contributed by atoms with Crippen molar-refractivity contribution in [3.63, 3.8) is 0 Å². The van der Waals surface area contributed by atoms with Crippen LogP contribution in [0, 0.1) is 6.92 Å². The minimum absolute atomic E-state index is 0.